The Morgan fingerprint density at radius 1 is 0.853 bits per heavy atom. The molecule has 0 bridgehead atoms. The lowest BCUT2D eigenvalue weighted by atomic mass is 9.74. The zero-order chi connectivity index (χ0) is 23.7. The predicted octanol–water partition coefficient (Wildman–Crippen LogP) is 5.25. The number of fused-ring (bicyclic) bond motifs is 1. The number of carbonyl (C=O) groups is 2. The van der Waals surface area contributed by atoms with E-state index in [1.54, 1.807) is 6.07 Å². The van der Waals surface area contributed by atoms with E-state index < -0.39 is 12.1 Å². The molecule has 1 saturated heterocycles. The van der Waals surface area contributed by atoms with Crippen LogP contribution in [0.3, 0.4) is 0 Å². The highest BCUT2D eigenvalue weighted by Gasteiger charge is 2.40. The Hall–Kier alpha value is -3.90. The van der Waals surface area contributed by atoms with Gasteiger partial charge in [-0.05, 0) is 54.3 Å². The number of benzene rings is 3. The number of likely N-dealkylation sites (tertiary alicyclic amines) is 1. The molecule has 6 heteroatoms. The molecule has 0 saturated carbocycles. The number of nitrogens with zero attached hydrogens (tertiary/aromatic N) is 2. The Morgan fingerprint density at radius 2 is 1.53 bits per heavy atom. The van der Waals surface area contributed by atoms with Crippen LogP contribution in [-0.4, -0.2) is 44.8 Å². The average molecular weight is 455 g/mol. The van der Waals surface area contributed by atoms with Crippen LogP contribution >= 0.6 is 0 Å². The predicted molar refractivity (Wildman–Crippen MR) is 130 cm³/mol. The number of aromatic carboxylic acids is 1. The van der Waals surface area contributed by atoms with E-state index in [-0.39, 0.29) is 11.1 Å². The number of carboxylic acid groups (broad SMARTS) is 2. The topological polar surface area (TPSA) is 82.8 Å². The maximum atomic E-state index is 11.8. The third-order valence-electron chi connectivity index (χ3n) is 6.89. The summed E-state index contributed by atoms with van der Waals surface area (Å²) in [4.78, 5) is 25.9. The fourth-order valence-electron chi connectivity index (χ4n) is 5.31. The van der Waals surface area contributed by atoms with Crippen molar-refractivity contribution in [3.8, 4) is 0 Å². The lowest BCUT2D eigenvalue weighted by molar-refractivity contribution is 0.0684. The Morgan fingerprint density at radius 3 is 2.18 bits per heavy atom. The van der Waals surface area contributed by atoms with Crippen LogP contribution in [0, 0.1) is 0 Å². The van der Waals surface area contributed by atoms with Crippen molar-refractivity contribution in [2.24, 2.45) is 0 Å². The van der Waals surface area contributed by atoms with E-state index in [4.69, 9.17) is 0 Å². The molecule has 34 heavy (non-hydrogen) atoms. The summed E-state index contributed by atoms with van der Waals surface area (Å²) in [5.74, 6) is -1.26. The summed E-state index contributed by atoms with van der Waals surface area (Å²) in [5, 5.41) is 19.8. The smallest absolute Gasteiger partial charge is 0.416 e. The first-order chi connectivity index (χ1) is 16.4. The van der Waals surface area contributed by atoms with Gasteiger partial charge in [0, 0.05) is 23.9 Å². The molecule has 0 spiro atoms. The summed E-state index contributed by atoms with van der Waals surface area (Å²) < 4.78 is 0.849. The minimum absolute atomic E-state index is 0.154. The maximum Gasteiger partial charge on any atom is 0.416 e. The van der Waals surface area contributed by atoms with Crippen molar-refractivity contribution in [2.45, 2.75) is 24.8 Å². The summed E-state index contributed by atoms with van der Waals surface area (Å²) in [6, 6.07) is 28.0. The van der Waals surface area contributed by atoms with Crippen molar-refractivity contribution in [2.75, 3.05) is 13.1 Å². The normalized spacial score (nSPS) is 18.4. The van der Waals surface area contributed by atoms with Gasteiger partial charge >= 0.3 is 12.1 Å². The lowest BCUT2D eigenvalue weighted by Gasteiger charge is -2.31. The van der Waals surface area contributed by atoms with Crippen LogP contribution in [0.25, 0.3) is 10.9 Å². The summed E-state index contributed by atoms with van der Waals surface area (Å²) in [6.45, 7) is 2.70. The summed E-state index contributed by atoms with van der Waals surface area (Å²) in [7, 11) is 0. The summed E-state index contributed by atoms with van der Waals surface area (Å²) >= 11 is 0. The van der Waals surface area contributed by atoms with Crippen molar-refractivity contribution in [1.29, 1.82) is 0 Å². The van der Waals surface area contributed by atoms with Crippen LogP contribution in [0.1, 0.15) is 33.6 Å². The molecule has 1 fully saturated rings. The molecule has 3 aromatic carbocycles. The van der Waals surface area contributed by atoms with Crippen molar-refractivity contribution >= 4 is 23.0 Å². The van der Waals surface area contributed by atoms with Crippen molar-refractivity contribution in [3.05, 3.63) is 107 Å². The van der Waals surface area contributed by atoms with Crippen LogP contribution in [-0.2, 0) is 18.4 Å². The summed E-state index contributed by atoms with van der Waals surface area (Å²) in [5.41, 5.74) is 3.63. The number of hydrogen-bond acceptors (Lipinski definition) is 3. The number of hydrogen-bond donors (Lipinski definition) is 2. The van der Waals surface area contributed by atoms with E-state index in [1.165, 1.54) is 17.2 Å². The second kappa shape index (κ2) is 8.80. The second-order valence-corrected chi connectivity index (χ2v) is 9.12. The highest BCUT2D eigenvalue weighted by Crippen LogP contribution is 2.40. The molecule has 6 nitrogen and oxygen atoms in total. The maximum absolute atomic E-state index is 11.8. The van der Waals surface area contributed by atoms with Crippen molar-refractivity contribution < 1.29 is 19.8 Å². The van der Waals surface area contributed by atoms with Gasteiger partial charge in [-0.25, -0.2) is 14.2 Å². The molecule has 172 valence electrons. The van der Waals surface area contributed by atoms with Gasteiger partial charge in [-0.1, -0.05) is 66.7 Å². The quantitative estimate of drug-likeness (QED) is 0.416. The minimum Gasteiger partial charge on any atom is -0.477 e. The molecule has 0 aliphatic carbocycles. The third-order valence-corrected chi connectivity index (χ3v) is 6.89. The lowest BCUT2D eigenvalue weighted by Crippen LogP contribution is -2.33. The molecule has 1 aliphatic heterocycles. The highest BCUT2D eigenvalue weighted by atomic mass is 16.4. The molecule has 4 aromatic rings. The van der Waals surface area contributed by atoms with Crippen molar-refractivity contribution in [3.63, 3.8) is 0 Å². The minimum atomic E-state index is -1.30. The van der Waals surface area contributed by atoms with E-state index in [0.717, 1.165) is 42.6 Å². The van der Waals surface area contributed by atoms with Crippen LogP contribution in [0.15, 0.2) is 84.9 Å². The van der Waals surface area contributed by atoms with E-state index in [0.29, 0.717) is 10.9 Å². The first-order valence-electron chi connectivity index (χ1n) is 11.4. The Kier molecular flexibility index (Phi) is 5.67. The Bertz CT molecular complexity index is 1350. The van der Waals surface area contributed by atoms with Crippen LogP contribution in [0.5, 0.6) is 0 Å². The molecule has 2 heterocycles. The molecule has 1 aromatic heterocycles. The molecular formula is C28H26N2O4. The van der Waals surface area contributed by atoms with E-state index in [1.807, 2.05) is 24.3 Å². The first-order valence-corrected chi connectivity index (χ1v) is 11.4. The van der Waals surface area contributed by atoms with Gasteiger partial charge in [0.15, 0.2) is 0 Å². The molecule has 1 atom stereocenters. The molecule has 0 radical (unpaired) electrons. The molecule has 1 aliphatic rings. The van der Waals surface area contributed by atoms with Gasteiger partial charge in [0.25, 0.3) is 0 Å². The van der Waals surface area contributed by atoms with Crippen molar-refractivity contribution in [1.82, 2.24) is 9.47 Å². The fraction of sp³-hybridized carbons (Fsp3) is 0.214. The number of carboxylic acids is 1. The largest absolute Gasteiger partial charge is 0.477 e. The molecular weight excluding hydrogens is 428 g/mol. The monoisotopic (exact) mass is 454 g/mol. The highest BCUT2D eigenvalue weighted by molar-refractivity contribution is 6.00. The first kappa shape index (κ1) is 21.9. The molecule has 5 rings (SSSR count). The van der Waals surface area contributed by atoms with E-state index in [9.17, 15) is 19.8 Å². The zero-order valence-corrected chi connectivity index (χ0v) is 18.7. The van der Waals surface area contributed by atoms with Crippen LogP contribution < -0.4 is 0 Å². The number of rotatable bonds is 6. The SMILES string of the molecule is O=C(O)c1cc2cc(C3(Cc4ccccc4)CCN(Cc4ccccc4)C3)ccc2n1C(=O)O. The molecule has 0 amide bonds. The van der Waals surface area contributed by atoms with E-state index in [2.05, 4.69) is 53.4 Å². The third kappa shape index (κ3) is 4.08. The van der Waals surface area contributed by atoms with Gasteiger partial charge < -0.3 is 10.2 Å². The van der Waals surface area contributed by atoms with Crippen LogP contribution in [0.2, 0.25) is 0 Å². The summed E-state index contributed by atoms with van der Waals surface area (Å²) in [6.07, 6.45) is 0.524. The molecule has 1 unspecified atom stereocenters. The molecule has 2 N–H and O–H groups in total. The van der Waals surface area contributed by atoms with Gasteiger partial charge in [0.1, 0.15) is 5.69 Å². The standard InChI is InChI=1S/C28H26N2O4/c31-26(32)25-16-22-15-23(11-12-24(22)30(25)27(33)34)28(17-20-7-3-1-4-8-20)13-14-29(19-28)18-21-9-5-2-6-10-21/h1-12,15-16H,13-14,17-19H2,(H,31,32)(H,33,34). The number of aromatic nitrogens is 1. The fourth-order valence-corrected chi connectivity index (χ4v) is 5.31. The average Bonchev–Trinajstić information content (AvgIpc) is 3.42. The Labute approximate surface area is 197 Å². The van der Waals surface area contributed by atoms with Gasteiger partial charge in [-0.15, -0.1) is 0 Å². The van der Waals surface area contributed by atoms with Gasteiger partial charge in [0.2, 0.25) is 0 Å². The second-order valence-electron chi connectivity index (χ2n) is 9.12. The Balaban J connectivity index is 1.55. The van der Waals surface area contributed by atoms with Gasteiger partial charge in [-0.2, -0.15) is 0 Å². The zero-order valence-electron chi connectivity index (χ0n) is 18.7. The van der Waals surface area contributed by atoms with Gasteiger partial charge in [-0.3, -0.25) is 4.90 Å². The van der Waals surface area contributed by atoms with Crippen LogP contribution in [0.4, 0.5) is 4.79 Å². The van der Waals surface area contributed by atoms with E-state index >= 15 is 0 Å². The van der Waals surface area contributed by atoms with Gasteiger partial charge in [0.05, 0.1) is 5.52 Å².